The molecular formula is C26H26N4O2S. The number of thioether (sulfide) groups is 1. The Bertz CT molecular complexity index is 1210. The van der Waals surface area contributed by atoms with Crippen molar-refractivity contribution in [2.45, 2.75) is 32.2 Å². The number of amides is 1. The Hall–Kier alpha value is -3.58. The lowest BCUT2D eigenvalue weighted by Crippen LogP contribution is -2.24. The van der Waals surface area contributed by atoms with Crippen LogP contribution in [-0.2, 0) is 17.9 Å². The van der Waals surface area contributed by atoms with Crippen molar-refractivity contribution in [1.82, 2.24) is 20.1 Å². The molecule has 0 fully saturated rings. The summed E-state index contributed by atoms with van der Waals surface area (Å²) in [6.07, 6.45) is 0. The van der Waals surface area contributed by atoms with Crippen LogP contribution >= 0.6 is 11.8 Å². The van der Waals surface area contributed by atoms with Gasteiger partial charge in [-0.05, 0) is 48.7 Å². The van der Waals surface area contributed by atoms with Gasteiger partial charge in [-0.15, -0.1) is 10.2 Å². The van der Waals surface area contributed by atoms with Crippen molar-refractivity contribution in [3.63, 3.8) is 0 Å². The molecule has 0 atom stereocenters. The van der Waals surface area contributed by atoms with E-state index in [1.165, 1.54) is 11.8 Å². The van der Waals surface area contributed by atoms with Gasteiger partial charge in [0.05, 0.1) is 11.4 Å². The van der Waals surface area contributed by atoms with E-state index in [1.807, 2.05) is 65.2 Å². The van der Waals surface area contributed by atoms with Crippen molar-refractivity contribution in [1.29, 1.82) is 0 Å². The lowest BCUT2D eigenvalue weighted by Gasteiger charge is -2.14. The van der Waals surface area contributed by atoms with Crippen LogP contribution in [0.1, 0.15) is 22.5 Å². The highest BCUT2D eigenvalue weighted by atomic mass is 32.2. The summed E-state index contributed by atoms with van der Waals surface area (Å²) in [5.74, 6) is 1.64. The Morgan fingerprint density at radius 1 is 0.970 bits per heavy atom. The summed E-state index contributed by atoms with van der Waals surface area (Å²) < 4.78 is 7.93. The molecule has 1 heterocycles. The van der Waals surface area contributed by atoms with Crippen molar-refractivity contribution in [2.75, 3.05) is 5.75 Å². The molecule has 1 amide bonds. The van der Waals surface area contributed by atoms with Gasteiger partial charge in [-0.25, -0.2) is 0 Å². The van der Waals surface area contributed by atoms with Crippen LogP contribution in [0.25, 0.3) is 5.69 Å². The average molecular weight is 459 g/mol. The van der Waals surface area contributed by atoms with E-state index in [2.05, 4.69) is 47.6 Å². The quantitative estimate of drug-likeness (QED) is 0.362. The number of aryl methyl sites for hydroxylation is 2. The Kier molecular flexibility index (Phi) is 7.42. The van der Waals surface area contributed by atoms with Crippen LogP contribution in [0.2, 0.25) is 0 Å². The van der Waals surface area contributed by atoms with Gasteiger partial charge in [0.25, 0.3) is 0 Å². The minimum atomic E-state index is -0.0542. The van der Waals surface area contributed by atoms with Crippen LogP contribution < -0.4 is 10.1 Å². The molecule has 0 bridgehead atoms. The standard InChI is InChI=1S/C26H26N4O2S/c1-19-13-14-20(2)23(15-19)30-24(17-32-22-11-7-4-8-12-22)28-29-26(30)33-18-25(31)27-16-21-9-5-3-6-10-21/h3-15H,16-18H2,1-2H3,(H,27,31). The van der Waals surface area contributed by atoms with E-state index in [0.29, 0.717) is 17.5 Å². The van der Waals surface area contributed by atoms with Crippen molar-refractivity contribution in [3.8, 4) is 11.4 Å². The predicted octanol–water partition coefficient (Wildman–Crippen LogP) is 4.87. The molecule has 4 rings (SSSR count). The molecule has 0 radical (unpaired) electrons. The number of rotatable bonds is 9. The first-order chi connectivity index (χ1) is 16.1. The molecule has 7 heteroatoms. The van der Waals surface area contributed by atoms with Crippen LogP contribution in [0.5, 0.6) is 5.75 Å². The van der Waals surface area contributed by atoms with Crippen molar-refractivity contribution < 1.29 is 9.53 Å². The van der Waals surface area contributed by atoms with Gasteiger partial charge in [0.15, 0.2) is 11.0 Å². The average Bonchev–Trinajstić information content (AvgIpc) is 3.25. The third kappa shape index (κ3) is 6.02. The molecule has 1 N–H and O–H groups in total. The predicted molar refractivity (Wildman–Crippen MR) is 131 cm³/mol. The number of benzene rings is 3. The van der Waals surface area contributed by atoms with Crippen LogP contribution in [0.3, 0.4) is 0 Å². The van der Waals surface area contributed by atoms with E-state index in [9.17, 15) is 4.79 Å². The maximum absolute atomic E-state index is 12.5. The summed E-state index contributed by atoms with van der Waals surface area (Å²) in [5, 5.41) is 12.4. The smallest absolute Gasteiger partial charge is 0.230 e. The molecular weight excluding hydrogens is 432 g/mol. The van der Waals surface area contributed by atoms with E-state index >= 15 is 0 Å². The van der Waals surface area contributed by atoms with Gasteiger partial charge in [-0.3, -0.25) is 9.36 Å². The third-order valence-corrected chi connectivity index (χ3v) is 6.01. The van der Waals surface area contributed by atoms with Crippen molar-refractivity contribution in [3.05, 3.63) is 101 Å². The number of nitrogens with one attached hydrogen (secondary N) is 1. The molecule has 3 aromatic carbocycles. The number of hydrogen-bond acceptors (Lipinski definition) is 5. The van der Waals surface area contributed by atoms with Crippen molar-refractivity contribution >= 4 is 17.7 Å². The molecule has 0 aliphatic heterocycles. The van der Waals surface area contributed by atoms with E-state index < -0.39 is 0 Å². The van der Waals surface area contributed by atoms with E-state index in [1.54, 1.807) is 0 Å². The van der Waals surface area contributed by atoms with Gasteiger partial charge >= 0.3 is 0 Å². The molecule has 33 heavy (non-hydrogen) atoms. The van der Waals surface area contributed by atoms with Crippen LogP contribution in [0, 0.1) is 13.8 Å². The lowest BCUT2D eigenvalue weighted by atomic mass is 10.1. The van der Waals surface area contributed by atoms with E-state index in [0.717, 1.165) is 28.1 Å². The molecule has 1 aromatic heterocycles. The second-order valence-electron chi connectivity index (χ2n) is 7.68. The fraction of sp³-hybridized carbons (Fsp3) is 0.192. The number of hydrogen-bond donors (Lipinski definition) is 1. The lowest BCUT2D eigenvalue weighted by molar-refractivity contribution is -0.118. The van der Waals surface area contributed by atoms with E-state index in [-0.39, 0.29) is 18.3 Å². The number of nitrogens with zero attached hydrogens (tertiary/aromatic N) is 3. The second kappa shape index (κ2) is 10.8. The highest BCUT2D eigenvalue weighted by molar-refractivity contribution is 7.99. The second-order valence-corrected chi connectivity index (χ2v) is 8.62. The summed E-state index contributed by atoms with van der Waals surface area (Å²) >= 11 is 1.36. The highest BCUT2D eigenvalue weighted by Crippen LogP contribution is 2.26. The molecule has 0 saturated heterocycles. The molecule has 4 aromatic rings. The topological polar surface area (TPSA) is 69.0 Å². The van der Waals surface area contributed by atoms with E-state index in [4.69, 9.17) is 4.74 Å². The minimum absolute atomic E-state index is 0.0542. The van der Waals surface area contributed by atoms with Gasteiger partial charge in [0.2, 0.25) is 5.91 Å². The van der Waals surface area contributed by atoms with Gasteiger partial charge in [-0.2, -0.15) is 0 Å². The van der Waals surface area contributed by atoms with Gasteiger partial charge in [0.1, 0.15) is 12.4 Å². The Labute approximate surface area is 198 Å². The summed E-state index contributed by atoms with van der Waals surface area (Å²) in [5.41, 5.74) is 4.28. The largest absolute Gasteiger partial charge is 0.486 e. The Morgan fingerprint density at radius 3 is 2.45 bits per heavy atom. The first-order valence-electron chi connectivity index (χ1n) is 10.7. The highest BCUT2D eigenvalue weighted by Gasteiger charge is 2.18. The monoisotopic (exact) mass is 458 g/mol. The first kappa shape index (κ1) is 22.6. The summed E-state index contributed by atoms with van der Waals surface area (Å²) in [7, 11) is 0. The fourth-order valence-electron chi connectivity index (χ4n) is 3.33. The Morgan fingerprint density at radius 2 is 1.70 bits per heavy atom. The number of para-hydroxylation sites is 1. The number of aromatic nitrogens is 3. The van der Waals surface area contributed by atoms with Crippen LogP contribution in [0.15, 0.2) is 84.0 Å². The molecule has 0 spiro atoms. The number of ether oxygens (including phenoxy) is 1. The fourth-order valence-corrected chi connectivity index (χ4v) is 4.13. The van der Waals surface area contributed by atoms with Gasteiger partial charge < -0.3 is 10.1 Å². The normalized spacial score (nSPS) is 10.7. The number of carbonyl (C=O) groups excluding carboxylic acids is 1. The summed E-state index contributed by atoms with van der Waals surface area (Å²) in [6, 6.07) is 25.7. The van der Waals surface area contributed by atoms with Gasteiger partial charge in [-0.1, -0.05) is 72.4 Å². The molecule has 168 valence electrons. The van der Waals surface area contributed by atoms with Crippen molar-refractivity contribution in [2.24, 2.45) is 0 Å². The summed E-state index contributed by atoms with van der Waals surface area (Å²) in [6.45, 7) is 4.88. The zero-order valence-corrected chi connectivity index (χ0v) is 19.5. The van der Waals surface area contributed by atoms with Gasteiger partial charge in [0, 0.05) is 6.54 Å². The molecule has 0 saturated carbocycles. The third-order valence-electron chi connectivity index (χ3n) is 5.08. The SMILES string of the molecule is Cc1ccc(C)c(-n2c(COc3ccccc3)nnc2SCC(=O)NCc2ccccc2)c1. The zero-order valence-electron chi connectivity index (χ0n) is 18.7. The maximum Gasteiger partial charge on any atom is 0.230 e. The maximum atomic E-state index is 12.5. The molecule has 0 unspecified atom stereocenters. The molecule has 0 aliphatic rings. The van der Waals surface area contributed by atoms with Crippen LogP contribution in [0.4, 0.5) is 0 Å². The minimum Gasteiger partial charge on any atom is -0.486 e. The molecule has 0 aliphatic carbocycles. The Balaban J connectivity index is 1.51. The first-order valence-corrected chi connectivity index (χ1v) is 11.7. The zero-order chi connectivity index (χ0) is 23.0. The molecule has 6 nitrogen and oxygen atoms in total. The number of carbonyl (C=O) groups is 1. The summed E-state index contributed by atoms with van der Waals surface area (Å²) in [4.78, 5) is 12.5. The van der Waals surface area contributed by atoms with Crippen LogP contribution in [-0.4, -0.2) is 26.4 Å².